The summed E-state index contributed by atoms with van der Waals surface area (Å²) >= 11 is 0. The highest BCUT2D eigenvalue weighted by atomic mass is 16.5. The van der Waals surface area contributed by atoms with Crippen LogP contribution in [-0.2, 0) is 0 Å². The number of ether oxygens (including phenoxy) is 1. The molecule has 29 heavy (non-hydrogen) atoms. The van der Waals surface area contributed by atoms with E-state index >= 15 is 0 Å². The Morgan fingerprint density at radius 3 is 2.79 bits per heavy atom. The predicted octanol–water partition coefficient (Wildman–Crippen LogP) is 1.38. The molecular weight excluding hydrogens is 370 g/mol. The van der Waals surface area contributed by atoms with Crippen LogP contribution in [-0.4, -0.2) is 82.9 Å². The number of fused-ring (bicyclic) bond motifs is 1. The van der Waals surface area contributed by atoms with Gasteiger partial charge >= 0.3 is 0 Å². The quantitative estimate of drug-likeness (QED) is 0.698. The van der Waals surface area contributed by atoms with Crippen molar-refractivity contribution in [1.82, 2.24) is 14.8 Å². The van der Waals surface area contributed by atoms with Crippen LogP contribution in [0.4, 0.5) is 0 Å². The Balaban J connectivity index is 2.45. The van der Waals surface area contributed by atoms with Crippen LogP contribution in [0.3, 0.4) is 0 Å². The van der Waals surface area contributed by atoms with Gasteiger partial charge in [0.15, 0.2) is 0 Å². The van der Waals surface area contributed by atoms with E-state index in [1.165, 1.54) is 0 Å². The van der Waals surface area contributed by atoms with Gasteiger partial charge in [-0.1, -0.05) is 32.1 Å². The van der Waals surface area contributed by atoms with Crippen LogP contribution in [0.15, 0.2) is 12.3 Å². The van der Waals surface area contributed by atoms with Crippen LogP contribution in [0.1, 0.15) is 49.5 Å². The summed E-state index contributed by atoms with van der Waals surface area (Å²) in [6.07, 6.45) is 2.14. The molecule has 160 valence electrons. The van der Waals surface area contributed by atoms with Crippen molar-refractivity contribution in [2.75, 3.05) is 33.8 Å². The fourth-order valence-electron chi connectivity index (χ4n) is 3.26. The SMILES string of the molecule is CCCC(O)C#Cc1cnc2c(c1)C(=O)N([C@H](C)CO)C[C@H](C)[C@H](CN(C)C)O2. The van der Waals surface area contributed by atoms with Gasteiger partial charge in [0, 0.05) is 30.8 Å². The van der Waals surface area contributed by atoms with Crippen LogP contribution in [0.2, 0.25) is 0 Å². The van der Waals surface area contributed by atoms with E-state index in [1.54, 1.807) is 17.2 Å². The number of pyridine rings is 1. The molecular formula is C22H33N3O4. The van der Waals surface area contributed by atoms with E-state index in [0.717, 1.165) is 6.42 Å². The fourth-order valence-corrected chi connectivity index (χ4v) is 3.26. The van der Waals surface area contributed by atoms with Crippen LogP contribution in [0.25, 0.3) is 0 Å². The van der Waals surface area contributed by atoms with Gasteiger partial charge in [0.25, 0.3) is 5.91 Å². The summed E-state index contributed by atoms with van der Waals surface area (Å²) in [6, 6.07) is 1.34. The van der Waals surface area contributed by atoms with Gasteiger partial charge in [-0.05, 0) is 33.5 Å². The second kappa shape index (κ2) is 10.6. The zero-order chi connectivity index (χ0) is 21.6. The number of rotatable bonds is 6. The normalized spacial score (nSPS) is 21.4. The van der Waals surface area contributed by atoms with E-state index in [4.69, 9.17) is 4.74 Å². The van der Waals surface area contributed by atoms with Gasteiger partial charge in [-0.2, -0.15) is 0 Å². The summed E-state index contributed by atoms with van der Waals surface area (Å²) in [5, 5.41) is 19.5. The molecule has 2 heterocycles. The lowest BCUT2D eigenvalue weighted by atomic mass is 10.00. The van der Waals surface area contributed by atoms with E-state index in [-0.39, 0.29) is 36.5 Å². The Morgan fingerprint density at radius 2 is 2.17 bits per heavy atom. The third-order valence-electron chi connectivity index (χ3n) is 5.01. The minimum absolute atomic E-state index is 0.0639. The lowest BCUT2D eigenvalue weighted by Gasteiger charge is -2.37. The van der Waals surface area contributed by atoms with E-state index in [9.17, 15) is 15.0 Å². The highest BCUT2D eigenvalue weighted by molar-refractivity contribution is 5.97. The fraction of sp³-hybridized carbons (Fsp3) is 0.636. The first-order valence-electron chi connectivity index (χ1n) is 10.2. The van der Waals surface area contributed by atoms with Gasteiger partial charge in [-0.25, -0.2) is 4.98 Å². The van der Waals surface area contributed by atoms with Gasteiger partial charge in [0.1, 0.15) is 17.8 Å². The third-order valence-corrected chi connectivity index (χ3v) is 5.01. The molecule has 0 radical (unpaired) electrons. The maximum absolute atomic E-state index is 13.2. The van der Waals surface area contributed by atoms with Crippen molar-refractivity contribution >= 4 is 5.91 Å². The first kappa shape index (κ1) is 23.1. The smallest absolute Gasteiger partial charge is 0.259 e. The minimum Gasteiger partial charge on any atom is -0.472 e. The molecule has 0 spiro atoms. The number of aromatic nitrogens is 1. The highest BCUT2D eigenvalue weighted by Crippen LogP contribution is 2.27. The third kappa shape index (κ3) is 6.17. The monoisotopic (exact) mass is 403 g/mol. The molecule has 1 aliphatic rings. The average molecular weight is 404 g/mol. The average Bonchev–Trinajstić information content (AvgIpc) is 2.68. The Labute approximate surface area is 173 Å². The molecule has 1 amide bonds. The molecule has 7 heteroatoms. The topological polar surface area (TPSA) is 86.1 Å². The lowest BCUT2D eigenvalue weighted by Crippen LogP contribution is -2.49. The molecule has 0 bridgehead atoms. The molecule has 4 atom stereocenters. The summed E-state index contributed by atoms with van der Waals surface area (Å²) in [7, 11) is 3.95. The van der Waals surface area contributed by atoms with E-state index < -0.39 is 6.10 Å². The van der Waals surface area contributed by atoms with Crippen molar-refractivity contribution in [2.45, 2.75) is 51.9 Å². The summed E-state index contributed by atoms with van der Waals surface area (Å²) in [5.74, 6) is 5.80. The zero-order valence-electron chi connectivity index (χ0n) is 18.1. The van der Waals surface area contributed by atoms with Crippen molar-refractivity contribution in [3.63, 3.8) is 0 Å². The standard InChI is InChI=1S/C22H33N3O4/c1-6-7-18(27)9-8-17-10-19-21(23-11-17)29-20(13-24(4)5)15(2)12-25(22(19)28)16(3)14-26/h10-11,15-16,18,20,26-27H,6-7,12-14H2,1-5H3/t15-,16+,18?,20-/m0/s1. The van der Waals surface area contributed by atoms with Crippen molar-refractivity contribution in [1.29, 1.82) is 0 Å². The van der Waals surface area contributed by atoms with Crippen molar-refractivity contribution in [3.05, 3.63) is 23.4 Å². The first-order chi connectivity index (χ1) is 13.8. The number of hydrogen-bond acceptors (Lipinski definition) is 6. The van der Waals surface area contributed by atoms with Crippen molar-refractivity contribution in [2.24, 2.45) is 5.92 Å². The summed E-state index contributed by atoms with van der Waals surface area (Å²) < 4.78 is 6.15. The molecule has 2 rings (SSSR count). The number of carbonyl (C=O) groups is 1. The van der Waals surface area contributed by atoms with E-state index in [1.807, 2.05) is 39.8 Å². The Morgan fingerprint density at radius 1 is 1.45 bits per heavy atom. The number of hydrogen-bond donors (Lipinski definition) is 2. The number of aliphatic hydroxyl groups is 2. The molecule has 0 saturated heterocycles. The number of aliphatic hydroxyl groups excluding tert-OH is 2. The second-order valence-corrected chi connectivity index (χ2v) is 8.04. The number of likely N-dealkylation sites (N-methyl/N-ethyl adjacent to an activating group) is 1. The summed E-state index contributed by atoms with van der Waals surface area (Å²) in [6.45, 7) is 6.88. The zero-order valence-corrected chi connectivity index (χ0v) is 18.1. The van der Waals surface area contributed by atoms with Gasteiger partial charge in [0.2, 0.25) is 5.88 Å². The van der Waals surface area contributed by atoms with Crippen molar-refractivity contribution < 1.29 is 19.7 Å². The number of nitrogens with zero attached hydrogens (tertiary/aromatic N) is 3. The Bertz CT molecular complexity index is 756. The second-order valence-electron chi connectivity index (χ2n) is 8.04. The molecule has 7 nitrogen and oxygen atoms in total. The Hall–Kier alpha value is -2.14. The van der Waals surface area contributed by atoms with E-state index in [2.05, 4.69) is 16.8 Å². The van der Waals surface area contributed by atoms with Crippen molar-refractivity contribution in [3.8, 4) is 17.7 Å². The van der Waals surface area contributed by atoms with Crippen LogP contribution >= 0.6 is 0 Å². The molecule has 1 aromatic heterocycles. The minimum atomic E-state index is -0.704. The molecule has 0 saturated carbocycles. The van der Waals surface area contributed by atoms with Gasteiger partial charge < -0.3 is 24.7 Å². The molecule has 1 aliphatic heterocycles. The molecule has 0 fully saturated rings. The molecule has 0 aliphatic carbocycles. The largest absolute Gasteiger partial charge is 0.472 e. The summed E-state index contributed by atoms with van der Waals surface area (Å²) in [5.41, 5.74) is 0.878. The van der Waals surface area contributed by atoms with Crippen LogP contribution < -0.4 is 4.74 Å². The van der Waals surface area contributed by atoms with Crippen LogP contribution in [0.5, 0.6) is 5.88 Å². The molecule has 1 unspecified atom stereocenters. The predicted molar refractivity (Wildman–Crippen MR) is 112 cm³/mol. The van der Waals surface area contributed by atoms with Crippen LogP contribution in [0, 0.1) is 17.8 Å². The van der Waals surface area contributed by atoms with Gasteiger partial charge in [-0.3, -0.25) is 4.79 Å². The number of carbonyl (C=O) groups excluding carboxylic acids is 1. The highest BCUT2D eigenvalue weighted by Gasteiger charge is 2.33. The maximum Gasteiger partial charge on any atom is 0.259 e. The van der Waals surface area contributed by atoms with Gasteiger partial charge in [0.05, 0.1) is 12.6 Å². The Kier molecular flexibility index (Phi) is 8.45. The lowest BCUT2D eigenvalue weighted by molar-refractivity contribution is 0.0348. The summed E-state index contributed by atoms with van der Waals surface area (Å²) in [4.78, 5) is 21.3. The molecule has 1 aromatic rings. The number of amides is 1. The molecule has 2 N–H and O–H groups in total. The van der Waals surface area contributed by atoms with Gasteiger partial charge in [-0.15, -0.1) is 0 Å². The maximum atomic E-state index is 13.2. The first-order valence-corrected chi connectivity index (χ1v) is 10.2. The molecule has 0 aromatic carbocycles. The van der Waals surface area contributed by atoms with E-state index in [0.29, 0.717) is 30.6 Å².